The average Bonchev–Trinajstić information content (AvgIpc) is 3.15. The van der Waals surface area contributed by atoms with Crippen LogP contribution in [0.3, 0.4) is 0 Å². The number of carbonyl (C=O) groups excluding carboxylic acids is 1. The minimum Gasteiger partial charge on any atom is -0.457 e. The highest BCUT2D eigenvalue weighted by Crippen LogP contribution is 2.51. The van der Waals surface area contributed by atoms with Gasteiger partial charge >= 0.3 is 5.97 Å². The van der Waals surface area contributed by atoms with Crippen LogP contribution in [0.4, 0.5) is 0 Å². The Morgan fingerprint density at radius 1 is 1.30 bits per heavy atom. The first-order valence-corrected chi connectivity index (χ1v) is 13.0. The number of likely N-dealkylation sites (tertiary alicyclic amines) is 1. The van der Waals surface area contributed by atoms with Crippen LogP contribution in [0.15, 0.2) is 35.9 Å². The van der Waals surface area contributed by atoms with Gasteiger partial charge in [-0.25, -0.2) is 0 Å². The number of aliphatic hydroxyl groups is 1. The van der Waals surface area contributed by atoms with Crippen molar-refractivity contribution in [2.45, 2.75) is 83.5 Å². The quantitative estimate of drug-likeness (QED) is 0.530. The summed E-state index contributed by atoms with van der Waals surface area (Å²) in [7, 11) is 0. The van der Waals surface area contributed by atoms with E-state index in [0.717, 1.165) is 25.0 Å². The maximum Gasteiger partial charge on any atom is 0.303 e. The number of esters is 1. The molecule has 0 spiro atoms. The van der Waals surface area contributed by atoms with E-state index >= 15 is 0 Å². The lowest BCUT2D eigenvalue weighted by Gasteiger charge is -2.53. The SMILES string of the molecule is CC(=O)O[C@@H]1[C][C@@]2(O)[C@H](C)CC[C@@H]([C@H](C)CN3CCC[C@@H]4c5ccccc5C[C@@H]43)[C@H]2C=C1C. The van der Waals surface area contributed by atoms with Crippen LogP contribution in [0.5, 0.6) is 0 Å². The van der Waals surface area contributed by atoms with Crippen LogP contribution in [-0.2, 0) is 16.0 Å². The molecule has 4 heteroatoms. The first kappa shape index (κ1) is 23.1. The van der Waals surface area contributed by atoms with Crippen LogP contribution < -0.4 is 0 Å². The second kappa shape index (κ2) is 8.85. The molecule has 0 unspecified atom stereocenters. The number of carbonyl (C=O) groups is 1. The van der Waals surface area contributed by atoms with Crippen molar-refractivity contribution >= 4 is 5.97 Å². The van der Waals surface area contributed by atoms with Crippen LogP contribution >= 0.6 is 0 Å². The van der Waals surface area contributed by atoms with Crippen LogP contribution in [0.25, 0.3) is 0 Å². The topological polar surface area (TPSA) is 49.8 Å². The number of nitrogens with zero attached hydrogens (tertiary/aromatic N) is 1. The molecular formula is C29H39NO3. The molecule has 2 radical (unpaired) electrons. The second-order valence-corrected chi connectivity index (χ2v) is 11.2. The minimum absolute atomic E-state index is 0.0319. The monoisotopic (exact) mass is 449 g/mol. The van der Waals surface area contributed by atoms with Gasteiger partial charge in [0.2, 0.25) is 0 Å². The molecule has 4 nitrogen and oxygen atoms in total. The van der Waals surface area contributed by atoms with Crippen molar-refractivity contribution in [1.29, 1.82) is 0 Å². The molecule has 0 amide bonds. The summed E-state index contributed by atoms with van der Waals surface area (Å²) >= 11 is 0. The van der Waals surface area contributed by atoms with Crippen LogP contribution in [-0.4, -0.2) is 46.8 Å². The van der Waals surface area contributed by atoms with E-state index in [1.807, 2.05) is 6.92 Å². The lowest BCUT2D eigenvalue weighted by molar-refractivity contribution is -0.148. The number of fused-ring (bicyclic) bond motifs is 4. The first-order valence-electron chi connectivity index (χ1n) is 13.0. The van der Waals surface area contributed by atoms with Crippen LogP contribution in [0.1, 0.15) is 70.4 Å². The van der Waals surface area contributed by atoms with E-state index < -0.39 is 11.7 Å². The van der Waals surface area contributed by atoms with Crippen molar-refractivity contribution < 1.29 is 14.6 Å². The fourth-order valence-electron chi connectivity index (χ4n) is 7.41. The molecule has 1 aliphatic heterocycles. The lowest BCUT2D eigenvalue weighted by Crippen LogP contribution is -2.57. The molecular weight excluding hydrogens is 410 g/mol. The number of benzene rings is 1. The maximum absolute atomic E-state index is 11.8. The summed E-state index contributed by atoms with van der Waals surface area (Å²) < 4.78 is 5.47. The van der Waals surface area contributed by atoms with Crippen molar-refractivity contribution in [2.75, 3.05) is 13.1 Å². The normalized spacial score (nSPS) is 39.1. The Morgan fingerprint density at radius 3 is 2.88 bits per heavy atom. The molecule has 5 rings (SSSR count). The van der Waals surface area contributed by atoms with Gasteiger partial charge in [0.25, 0.3) is 0 Å². The third kappa shape index (κ3) is 4.08. The average molecular weight is 450 g/mol. The smallest absolute Gasteiger partial charge is 0.303 e. The Hall–Kier alpha value is -1.65. The van der Waals surface area contributed by atoms with Gasteiger partial charge < -0.3 is 9.84 Å². The molecule has 178 valence electrons. The first-order chi connectivity index (χ1) is 15.8. The Labute approximate surface area is 199 Å². The van der Waals surface area contributed by atoms with Gasteiger partial charge in [0, 0.05) is 31.3 Å². The lowest BCUT2D eigenvalue weighted by atomic mass is 9.57. The molecule has 2 fully saturated rings. The molecule has 1 aromatic rings. The Kier molecular flexibility index (Phi) is 6.20. The molecule has 4 aliphatic rings. The van der Waals surface area contributed by atoms with Crippen molar-refractivity contribution in [3.63, 3.8) is 0 Å². The van der Waals surface area contributed by atoms with Crippen molar-refractivity contribution in [3.05, 3.63) is 53.5 Å². The molecule has 1 saturated heterocycles. The van der Waals surface area contributed by atoms with Gasteiger partial charge in [0.15, 0.2) is 0 Å². The summed E-state index contributed by atoms with van der Waals surface area (Å²) in [5, 5.41) is 11.8. The van der Waals surface area contributed by atoms with E-state index in [1.165, 1.54) is 32.7 Å². The zero-order chi connectivity index (χ0) is 23.3. The highest BCUT2D eigenvalue weighted by Gasteiger charge is 2.53. The maximum atomic E-state index is 11.8. The zero-order valence-corrected chi connectivity index (χ0v) is 20.6. The summed E-state index contributed by atoms with van der Waals surface area (Å²) in [4.78, 5) is 14.3. The highest BCUT2D eigenvalue weighted by atomic mass is 16.5. The number of piperidine rings is 1. The fraction of sp³-hybridized carbons (Fsp3) is 0.655. The molecule has 1 saturated carbocycles. The summed E-state index contributed by atoms with van der Waals surface area (Å²) in [6.07, 6.45) is 10.8. The molecule has 8 atom stereocenters. The van der Waals surface area contributed by atoms with E-state index in [2.05, 4.69) is 55.5 Å². The van der Waals surface area contributed by atoms with Crippen molar-refractivity contribution in [3.8, 4) is 0 Å². The summed E-state index contributed by atoms with van der Waals surface area (Å²) in [5.41, 5.74) is 3.08. The largest absolute Gasteiger partial charge is 0.457 e. The summed E-state index contributed by atoms with van der Waals surface area (Å²) in [5.74, 6) is 1.37. The van der Waals surface area contributed by atoms with E-state index in [-0.39, 0.29) is 17.8 Å². The van der Waals surface area contributed by atoms with Gasteiger partial charge in [-0.3, -0.25) is 9.69 Å². The van der Waals surface area contributed by atoms with Crippen LogP contribution in [0, 0.1) is 30.1 Å². The van der Waals surface area contributed by atoms with E-state index in [1.54, 1.807) is 11.1 Å². The number of hydrogen-bond acceptors (Lipinski definition) is 4. The van der Waals surface area contributed by atoms with Gasteiger partial charge in [0.1, 0.15) is 6.10 Å². The summed E-state index contributed by atoms with van der Waals surface area (Å²) in [6.45, 7) is 10.2. The van der Waals surface area contributed by atoms with E-state index in [0.29, 0.717) is 23.8 Å². The Bertz CT molecular complexity index is 925. The number of rotatable bonds is 4. The number of hydrogen-bond donors (Lipinski definition) is 1. The van der Waals surface area contributed by atoms with Crippen LogP contribution in [0.2, 0.25) is 0 Å². The van der Waals surface area contributed by atoms with Gasteiger partial charge in [-0.15, -0.1) is 0 Å². The zero-order valence-electron chi connectivity index (χ0n) is 20.6. The van der Waals surface area contributed by atoms with Gasteiger partial charge in [-0.1, -0.05) is 44.2 Å². The van der Waals surface area contributed by atoms with Crippen molar-refractivity contribution in [1.82, 2.24) is 4.90 Å². The highest BCUT2D eigenvalue weighted by molar-refractivity contribution is 5.66. The number of ether oxygens (including phenoxy) is 1. The van der Waals surface area contributed by atoms with E-state index in [4.69, 9.17) is 4.74 Å². The van der Waals surface area contributed by atoms with Gasteiger partial charge in [-0.2, -0.15) is 0 Å². The third-order valence-corrected chi connectivity index (χ3v) is 9.19. The van der Waals surface area contributed by atoms with Crippen molar-refractivity contribution in [2.24, 2.45) is 23.7 Å². The summed E-state index contributed by atoms with van der Waals surface area (Å²) in [6, 6.07) is 9.66. The molecule has 1 heterocycles. The van der Waals surface area contributed by atoms with Gasteiger partial charge in [0.05, 0.1) is 12.0 Å². The fourth-order valence-corrected chi connectivity index (χ4v) is 7.41. The molecule has 1 aromatic carbocycles. The molecule has 3 aliphatic carbocycles. The molecule has 1 N–H and O–H groups in total. The second-order valence-electron chi connectivity index (χ2n) is 11.2. The Morgan fingerprint density at radius 2 is 2.09 bits per heavy atom. The minimum atomic E-state index is -1.04. The standard InChI is InChI=1S/C29H39NO3/c1-18-14-26-23(12-11-20(3)29(26,32)16-28(18)33-21(4)31)19(2)17-30-13-7-10-25-24-9-6-5-8-22(24)15-27(25)30/h5-6,8-9,14,19-20,23,25-28,32H,7,10-13,15,17H2,1-4H3/t19-,20-,23+,25-,26-,27+,28-,29-/m1/s1. The predicted octanol–water partition coefficient (Wildman–Crippen LogP) is 4.79. The third-order valence-electron chi connectivity index (χ3n) is 9.19. The van der Waals surface area contributed by atoms with E-state index in [9.17, 15) is 9.90 Å². The van der Waals surface area contributed by atoms with Gasteiger partial charge in [-0.05, 0) is 80.0 Å². The predicted molar refractivity (Wildman–Crippen MR) is 130 cm³/mol. The molecule has 0 bridgehead atoms. The Balaban J connectivity index is 1.34. The molecule has 33 heavy (non-hydrogen) atoms. The molecule has 0 aromatic heterocycles.